The molecule has 0 N–H and O–H groups in total. The number of benzene rings is 5. The number of rotatable bonds is 5. The van der Waals surface area contributed by atoms with Gasteiger partial charge in [-0.25, -0.2) is 14.9 Å². The SMILES string of the molecule is N#Cc1cccc(-c2cccc3c4cccc(-c5cccc(C#N)n5)c4n(-c4cccc5c4C(=O)N(c4ccc(-c6ccccc6)cc4)C5=O)c23)n1. The van der Waals surface area contributed by atoms with E-state index >= 15 is 0 Å². The summed E-state index contributed by atoms with van der Waals surface area (Å²) in [4.78, 5) is 39.3. The summed E-state index contributed by atoms with van der Waals surface area (Å²) in [5, 5.41) is 21.2. The molecule has 0 bridgehead atoms. The summed E-state index contributed by atoms with van der Waals surface area (Å²) < 4.78 is 2.00. The maximum atomic E-state index is 14.6. The number of amides is 2. The van der Waals surface area contributed by atoms with Gasteiger partial charge in [-0.3, -0.25) is 9.59 Å². The van der Waals surface area contributed by atoms with Gasteiger partial charge in [0, 0.05) is 21.9 Å². The van der Waals surface area contributed by atoms with Gasteiger partial charge in [0.05, 0.1) is 44.9 Å². The molecule has 242 valence electrons. The lowest BCUT2D eigenvalue weighted by atomic mass is 10.0. The summed E-state index contributed by atoms with van der Waals surface area (Å²) in [6, 6.07) is 49.2. The first-order valence-electron chi connectivity index (χ1n) is 16.5. The first-order chi connectivity index (χ1) is 25.6. The van der Waals surface area contributed by atoms with E-state index in [0.717, 1.165) is 44.1 Å². The van der Waals surface area contributed by atoms with E-state index in [-0.39, 0.29) is 22.5 Å². The largest absolute Gasteiger partial charge is 0.307 e. The van der Waals surface area contributed by atoms with Gasteiger partial charge >= 0.3 is 0 Å². The van der Waals surface area contributed by atoms with Crippen molar-refractivity contribution in [1.29, 1.82) is 10.5 Å². The second-order valence-corrected chi connectivity index (χ2v) is 12.3. The summed E-state index contributed by atoms with van der Waals surface area (Å²) >= 11 is 0. The van der Waals surface area contributed by atoms with Crippen LogP contribution in [0.25, 0.3) is 61.1 Å². The summed E-state index contributed by atoms with van der Waals surface area (Å²) in [5.41, 5.74) is 8.16. The highest BCUT2D eigenvalue weighted by Crippen LogP contribution is 2.43. The number of nitriles is 2. The average Bonchev–Trinajstić information content (AvgIpc) is 3.69. The molecule has 0 atom stereocenters. The Labute approximate surface area is 297 Å². The Morgan fingerprint density at radius 2 is 1.00 bits per heavy atom. The number of carbonyl (C=O) groups is 2. The minimum Gasteiger partial charge on any atom is -0.307 e. The summed E-state index contributed by atoms with van der Waals surface area (Å²) in [7, 11) is 0. The predicted octanol–water partition coefficient (Wildman–Crippen LogP) is 9.12. The third-order valence-corrected chi connectivity index (χ3v) is 9.46. The van der Waals surface area contributed by atoms with Crippen LogP contribution < -0.4 is 4.90 Å². The average molecular weight is 669 g/mol. The van der Waals surface area contributed by atoms with Crippen LogP contribution in [0, 0.1) is 22.7 Å². The molecule has 8 heteroatoms. The summed E-state index contributed by atoms with van der Waals surface area (Å²) in [6.07, 6.45) is 0. The zero-order valence-corrected chi connectivity index (χ0v) is 27.4. The van der Waals surface area contributed by atoms with Crippen LogP contribution >= 0.6 is 0 Å². The highest BCUT2D eigenvalue weighted by Gasteiger charge is 2.39. The van der Waals surface area contributed by atoms with Crippen LogP contribution in [0.2, 0.25) is 0 Å². The molecule has 3 aromatic heterocycles. The molecular weight excluding hydrogens is 645 g/mol. The number of hydrogen-bond donors (Lipinski definition) is 0. The van der Waals surface area contributed by atoms with E-state index < -0.39 is 11.8 Å². The molecule has 0 aliphatic carbocycles. The number of fused-ring (bicyclic) bond motifs is 4. The molecular formula is C44H24N6O2. The van der Waals surface area contributed by atoms with Gasteiger partial charge in [-0.05, 0) is 59.7 Å². The normalized spacial score (nSPS) is 12.2. The second-order valence-electron chi connectivity index (χ2n) is 12.3. The van der Waals surface area contributed by atoms with E-state index in [1.54, 1.807) is 48.5 Å². The number of hydrogen-bond acceptors (Lipinski definition) is 6. The Morgan fingerprint density at radius 1 is 0.481 bits per heavy atom. The van der Waals surface area contributed by atoms with E-state index in [0.29, 0.717) is 22.8 Å². The zero-order valence-electron chi connectivity index (χ0n) is 27.4. The van der Waals surface area contributed by atoms with Crippen LogP contribution in [0.4, 0.5) is 5.69 Å². The van der Waals surface area contributed by atoms with Gasteiger partial charge in [-0.2, -0.15) is 10.5 Å². The Kier molecular flexibility index (Phi) is 7.03. The molecule has 4 heterocycles. The Morgan fingerprint density at radius 3 is 1.58 bits per heavy atom. The minimum absolute atomic E-state index is 0.264. The van der Waals surface area contributed by atoms with Crippen molar-refractivity contribution in [1.82, 2.24) is 14.5 Å². The van der Waals surface area contributed by atoms with Crippen molar-refractivity contribution in [3.63, 3.8) is 0 Å². The first-order valence-corrected chi connectivity index (χ1v) is 16.5. The molecule has 2 amide bonds. The number of para-hydroxylation sites is 2. The quantitative estimate of drug-likeness (QED) is 0.169. The fraction of sp³-hybridized carbons (Fsp3) is 0. The van der Waals surface area contributed by atoms with Crippen molar-refractivity contribution in [2.75, 3.05) is 4.90 Å². The zero-order chi connectivity index (χ0) is 35.3. The lowest BCUT2D eigenvalue weighted by Gasteiger charge is -2.17. The van der Waals surface area contributed by atoms with Crippen LogP contribution in [-0.2, 0) is 0 Å². The highest BCUT2D eigenvalue weighted by molar-refractivity contribution is 6.36. The van der Waals surface area contributed by atoms with Crippen LogP contribution in [-0.4, -0.2) is 26.3 Å². The van der Waals surface area contributed by atoms with Crippen molar-refractivity contribution in [2.45, 2.75) is 0 Å². The lowest BCUT2D eigenvalue weighted by Crippen LogP contribution is -2.29. The van der Waals surface area contributed by atoms with Gasteiger partial charge in [0.2, 0.25) is 0 Å². The van der Waals surface area contributed by atoms with E-state index in [1.165, 1.54) is 4.90 Å². The maximum Gasteiger partial charge on any atom is 0.268 e. The summed E-state index contributed by atoms with van der Waals surface area (Å²) in [6.45, 7) is 0. The van der Waals surface area contributed by atoms with Crippen LogP contribution in [0.1, 0.15) is 32.1 Å². The summed E-state index contributed by atoms with van der Waals surface area (Å²) in [5.74, 6) is -0.857. The van der Waals surface area contributed by atoms with Gasteiger partial charge < -0.3 is 4.57 Å². The number of nitrogens with zero attached hydrogens (tertiary/aromatic N) is 6. The van der Waals surface area contributed by atoms with E-state index in [1.807, 2.05) is 102 Å². The molecule has 0 saturated heterocycles. The topological polar surface area (TPSA) is 116 Å². The smallest absolute Gasteiger partial charge is 0.268 e. The monoisotopic (exact) mass is 668 g/mol. The van der Waals surface area contributed by atoms with Gasteiger partial charge in [-0.15, -0.1) is 0 Å². The molecule has 0 fully saturated rings. The van der Waals surface area contributed by atoms with Gasteiger partial charge in [0.1, 0.15) is 23.5 Å². The fourth-order valence-electron chi connectivity index (χ4n) is 7.19. The molecule has 8 aromatic rings. The molecule has 52 heavy (non-hydrogen) atoms. The number of anilines is 1. The van der Waals surface area contributed by atoms with Crippen molar-refractivity contribution in [3.8, 4) is 51.5 Å². The molecule has 0 spiro atoms. The van der Waals surface area contributed by atoms with Crippen molar-refractivity contribution in [2.24, 2.45) is 0 Å². The fourth-order valence-corrected chi connectivity index (χ4v) is 7.19. The third kappa shape index (κ3) is 4.68. The van der Waals surface area contributed by atoms with Crippen molar-refractivity contribution in [3.05, 3.63) is 168 Å². The van der Waals surface area contributed by atoms with Crippen molar-refractivity contribution < 1.29 is 9.59 Å². The standard InChI is InChI=1S/C44H24N6O2/c45-25-29-11-4-18-37(47-29)34-15-6-13-32-33-14-7-16-35(38-19-5-12-30(26-46)48-38)42(33)50(41(32)34)39-20-8-17-36-40(39)44(52)49(43(36)51)31-23-21-28(22-24-31)27-9-2-1-3-10-27/h1-24H. The molecule has 0 radical (unpaired) electrons. The molecule has 0 saturated carbocycles. The number of carbonyl (C=O) groups excluding carboxylic acids is 2. The van der Waals surface area contributed by atoms with Gasteiger partial charge in [0.25, 0.3) is 11.8 Å². The lowest BCUT2D eigenvalue weighted by molar-refractivity contribution is 0.0926. The molecule has 1 aliphatic rings. The van der Waals surface area contributed by atoms with Gasteiger partial charge in [0.15, 0.2) is 0 Å². The van der Waals surface area contributed by atoms with Crippen molar-refractivity contribution >= 4 is 39.3 Å². The first kappa shape index (κ1) is 30.4. The molecule has 1 aliphatic heterocycles. The second kappa shape index (κ2) is 12.0. The van der Waals surface area contributed by atoms with Crippen LogP contribution in [0.3, 0.4) is 0 Å². The molecule has 9 rings (SSSR count). The Balaban J connectivity index is 1.32. The highest BCUT2D eigenvalue weighted by atomic mass is 16.2. The Hall–Kier alpha value is -7.68. The number of aromatic nitrogens is 3. The molecule has 8 nitrogen and oxygen atoms in total. The number of pyridine rings is 2. The van der Waals surface area contributed by atoms with Crippen LogP contribution in [0.15, 0.2) is 146 Å². The maximum absolute atomic E-state index is 14.6. The third-order valence-electron chi connectivity index (χ3n) is 9.46. The molecule has 0 unspecified atom stereocenters. The number of imide groups is 1. The minimum atomic E-state index is -0.442. The van der Waals surface area contributed by atoms with Crippen LogP contribution in [0.5, 0.6) is 0 Å². The Bertz CT molecular complexity index is 2750. The van der Waals surface area contributed by atoms with E-state index in [2.05, 4.69) is 22.1 Å². The van der Waals surface area contributed by atoms with Gasteiger partial charge in [-0.1, -0.05) is 97.1 Å². The molecule has 5 aromatic carbocycles. The van der Waals surface area contributed by atoms with E-state index in [4.69, 9.17) is 0 Å². The van der Waals surface area contributed by atoms with E-state index in [9.17, 15) is 20.1 Å². The predicted molar refractivity (Wildman–Crippen MR) is 200 cm³/mol.